The summed E-state index contributed by atoms with van der Waals surface area (Å²) in [6.07, 6.45) is 1.75. The van der Waals surface area contributed by atoms with Crippen molar-refractivity contribution in [3.8, 4) is 0 Å². The zero-order valence-corrected chi connectivity index (χ0v) is 7.87. The first-order valence-electron chi connectivity index (χ1n) is 4.61. The molecule has 2 aliphatic rings. The highest BCUT2D eigenvalue weighted by Gasteiger charge is 2.69. The van der Waals surface area contributed by atoms with Crippen molar-refractivity contribution >= 4 is 5.78 Å². The normalized spacial score (nSPS) is 41.1. The Hall–Kier alpha value is -0.930. The fourth-order valence-electron chi connectivity index (χ4n) is 2.88. The first-order valence-corrected chi connectivity index (χ1v) is 4.61. The second-order valence-electron chi connectivity index (χ2n) is 4.78. The van der Waals surface area contributed by atoms with Crippen LogP contribution in [0, 0.1) is 21.4 Å². The van der Waals surface area contributed by atoms with Crippen molar-refractivity contribution in [2.24, 2.45) is 11.3 Å². The summed E-state index contributed by atoms with van der Waals surface area (Å²) in [5, 5.41) is 10.9. The second-order valence-corrected chi connectivity index (χ2v) is 4.78. The molecule has 4 heteroatoms. The summed E-state index contributed by atoms with van der Waals surface area (Å²) < 4.78 is 0. The molecule has 2 atom stereocenters. The Bertz CT molecular complexity index is 297. The van der Waals surface area contributed by atoms with E-state index in [1.807, 2.05) is 13.8 Å². The standard InChI is InChI=1S/C9H13NO3/c1-8(2)6-3-4-9(5-6,7(8)11)10(12)13/h6H,3-5H2,1-2H3. The molecule has 13 heavy (non-hydrogen) atoms. The molecule has 2 fully saturated rings. The Morgan fingerprint density at radius 2 is 2.15 bits per heavy atom. The Kier molecular flexibility index (Phi) is 1.40. The largest absolute Gasteiger partial charge is 0.291 e. The van der Waals surface area contributed by atoms with Crippen molar-refractivity contribution in [3.05, 3.63) is 10.1 Å². The van der Waals surface area contributed by atoms with Gasteiger partial charge < -0.3 is 0 Å². The molecule has 2 rings (SSSR count). The fourth-order valence-corrected chi connectivity index (χ4v) is 2.88. The smallest absolute Gasteiger partial charge is 0.280 e. The van der Waals surface area contributed by atoms with Crippen molar-refractivity contribution < 1.29 is 9.72 Å². The van der Waals surface area contributed by atoms with E-state index in [0.29, 0.717) is 12.8 Å². The first kappa shape index (κ1) is 8.66. The van der Waals surface area contributed by atoms with Crippen LogP contribution in [-0.4, -0.2) is 16.2 Å². The number of carbonyl (C=O) groups is 1. The zero-order chi connectivity index (χ0) is 9.85. The van der Waals surface area contributed by atoms with Gasteiger partial charge in [0.1, 0.15) is 0 Å². The highest BCUT2D eigenvalue weighted by Crippen LogP contribution is 2.56. The van der Waals surface area contributed by atoms with Crippen LogP contribution in [0.2, 0.25) is 0 Å². The summed E-state index contributed by atoms with van der Waals surface area (Å²) in [7, 11) is 0. The van der Waals surface area contributed by atoms with E-state index in [-0.39, 0.29) is 16.6 Å². The van der Waals surface area contributed by atoms with Gasteiger partial charge in [-0.15, -0.1) is 0 Å². The molecule has 2 unspecified atom stereocenters. The van der Waals surface area contributed by atoms with Gasteiger partial charge in [0, 0.05) is 23.2 Å². The van der Waals surface area contributed by atoms with Gasteiger partial charge >= 0.3 is 0 Å². The lowest BCUT2D eigenvalue weighted by molar-refractivity contribution is -0.549. The summed E-state index contributed by atoms with van der Waals surface area (Å²) in [6.45, 7) is 3.68. The third-order valence-electron chi connectivity index (χ3n) is 3.87. The molecule has 0 spiro atoms. The second kappa shape index (κ2) is 2.11. The van der Waals surface area contributed by atoms with Gasteiger partial charge in [0.25, 0.3) is 5.54 Å². The van der Waals surface area contributed by atoms with E-state index in [1.54, 1.807) is 0 Å². The molecule has 0 aromatic carbocycles. The van der Waals surface area contributed by atoms with Gasteiger partial charge in [-0.1, -0.05) is 13.8 Å². The molecule has 0 N–H and O–H groups in total. The molecule has 2 aliphatic carbocycles. The maximum Gasteiger partial charge on any atom is 0.280 e. The Labute approximate surface area is 76.5 Å². The van der Waals surface area contributed by atoms with Crippen molar-refractivity contribution in [1.82, 2.24) is 0 Å². The van der Waals surface area contributed by atoms with Crippen LogP contribution in [0.25, 0.3) is 0 Å². The molecule has 4 nitrogen and oxygen atoms in total. The summed E-state index contributed by atoms with van der Waals surface area (Å²) >= 11 is 0. The topological polar surface area (TPSA) is 60.2 Å². The van der Waals surface area contributed by atoms with Crippen LogP contribution in [0.15, 0.2) is 0 Å². The Morgan fingerprint density at radius 1 is 1.54 bits per heavy atom. The van der Waals surface area contributed by atoms with E-state index >= 15 is 0 Å². The minimum Gasteiger partial charge on any atom is -0.291 e. The van der Waals surface area contributed by atoms with Gasteiger partial charge in [-0.25, -0.2) is 0 Å². The minimum absolute atomic E-state index is 0.152. The van der Waals surface area contributed by atoms with Crippen LogP contribution in [0.5, 0.6) is 0 Å². The van der Waals surface area contributed by atoms with Crippen molar-refractivity contribution in [2.45, 2.75) is 38.6 Å². The number of nitrogens with zero attached hydrogens (tertiary/aromatic N) is 1. The highest BCUT2D eigenvalue weighted by atomic mass is 16.6. The van der Waals surface area contributed by atoms with Gasteiger partial charge in [-0.2, -0.15) is 0 Å². The van der Waals surface area contributed by atoms with Crippen molar-refractivity contribution in [3.63, 3.8) is 0 Å². The maximum absolute atomic E-state index is 11.8. The number of carbonyl (C=O) groups excluding carboxylic acids is 1. The van der Waals surface area contributed by atoms with E-state index in [0.717, 1.165) is 6.42 Å². The molecular weight excluding hydrogens is 170 g/mol. The number of ketones is 1. The van der Waals surface area contributed by atoms with Crippen molar-refractivity contribution in [2.75, 3.05) is 0 Å². The maximum atomic E-state index is 11.8. The summed E-state index contributed by atoms with van der Waals surface area (Å²) in [5.41, 5.74) is -1.68. The molecule has 2 saturated carbocycles. The number of fused-ring (bicyclic) bond motifs is 2. The monoisotopic (exact) mass is 183 g/mol. The lowest BCUT2D eigenvalue weighted by atomic mass is 9.74. The van der Waals surface area contributed by atoms with E-state index in [2.05, 4.69) is 0 Å². The van der Waals surface area contributed by atoms with Crippen LogP contribution < -0.4 is 0 Å². The third kappa shape index (κ3) is 0.785. The minimum atomic E-state index is -1.21. The fraction of sp³-hybridized carbons (Fsp3) is 0.889. The van der Waals surface area contributed by atoms with Gasteiger partial charge in [0.2, 0.25) is 5.78 Å². The third-order valence-corrected chi connectivity index (χ3v) is 3.87. The SMILES string of the molecule is CC1(C)C(=O)C2([N+](=O)[O-])CCC1C2. The number of hydrogen-bond acceptors (Lipinski definition) is 3. The highest BCUT2D eigenvalue weighted by molar-refractivity contribution is 5.95. The molecule has 0 aromatic heterocycles. The molecule has 0 heterocycles. The average Bonchev–Trinajstić information content (AvgIpc) is 2.53. The number of nitro groups is 1. The first-order chi connectivity index (χ1) is 5.91. The van der Waals surface area contributed by atoms with Gasteiger partial charge in [-0.05, 0) is 12.3 Å². The van der Waals surface area contributed by atoms with Crippen LogP contribution >= 0.6 is 0 Å². The van der Waals surface area contributed by atoms with Crippen LogP contribution in [0.1, 0.15) is 33.1 Å². The molecule has 0 amide bonds. The zero-order valence-electron chi connectivity index (χ0n) is 7.87. The summed E-state index contributed by atoms with van der Waals surface area (Å²) in [6, 6.07) is 0. The van der Waals surface area contributed by atoms with E-state index in [9.17, 15) is 14.9 Å². The van der Waals surface area contributed by atoms with E-state index in [1.165, 1.54) is 0 Å². The molecule has 2 bridgehead atoms. The molecule has 0 radical (unpaired) electrons. The van der Waals surface area contributed by atoms with E-state index in [4.69, 9.17) is 0 Å². The predicted molar refractivity (Wildman–Crippen MR) is 45.9 cm³/mol. The number of Topliss-reactive ketones (excluding diaryl/α,β-unsaturated/α-hetero) is 1. The van der Waals surface area contributed by atoms with Gasteiger partial charge in [-0.3, -0.25) is 14.9 Å². The number of rotatable bonds is 1. The Balaban J connectivity index is 2.46. The number of hydrogen-bond donors (Lipinski definition) is 0. The molecular formula is C9H13NO3. The molecule has 0 aromatic rings. The average molecular weight is 183 g/mol. The molecule has 0 aliphatic heterocycles. The quantitative estimate of drug-likeness (QED) is 0.456. The van der Waals surface area contributed by atoms with Crippen LogP contribution in [0.4, 0.5) is 0 Å². The summed E-state index contributed by atoms with van der Waals surface area (Å²) in [4.78, 5) is 22.3. The predicted octanol–water partition coefficient (Wildman–Crippen LogP) is 1.41. The lowest BCUT2D eigenvalue weighted by Gasteiger charge is -2.28. The molecule has 72 valence electrons. The van der Waals surface area contributed by atoms with Crippen LogP contribution in [-0.2, 0) is 4.79 Å². The van der Waals surface area contributed by atoms with E-state index < -0.39 is 11.0 Å². The van der Waals surface area contributed by atoms with Crippen molar-refractivity contribution in [1.29, 1.82) is 0 Å². The summed E-state index contributed by atoms with van der Waals surface area (Å²) in [5.74, 6) is 0.0756. The lowest BCUT2D eigenvalue weighted by Crippen LogP contribution is -2.47. The molecule has 0 saturated heterocycles. The Morgan fingerprint density at radius 3 is 2.46 bits per heavy atom. The van der Waals surface area contributed by atoms with Crippen LogP contribution in [0.3, 0.4) is 0 Å². The van der Waals surface area contributed by atoms with Gasteiger partial charge in [0.15, 0.2) is 0 Å². The van der Waals surface area contributed by atoms with Gasteiger partial charge in [0.05, 0.1) is 0 Å².